The van der Waals surface area contributed by atoms with Crippen LogP contribution in [0, 0.1) is 0 Å². The van der Waals surface area contributed by atoms with Gasteiger partial charge in [0.25, 0.3) is 0 Å². The normalized spacial score (nSPS) is 17.1. The Hall–Kier alpha value is -3.32. The zero-order chi connectivity index (χ0) is 21.1. The SMILES string of the molecule is COc1ccc(C2CC(=NNc3ccc(S(C)(=O)=O)cc3)c3ccccc3O2)cc1. The van der Waals surface area contributed by atoms with E-state index in [1.807, 2.05) is 48.5 Å². The number of hydrazone groups is 1. The Morgan fingerprint density at radius 3 is 2.37 bits per heavy atom. The first kappa shape index (κ1) is 20.0. The maximum absolute atomic E-state index is 11.6. The molecule has 4 rings (SSSR count). The number of nitrogens with zero attached hydrogens (tertiary/aromatic N) is 1. The van der Waals surface area contributed by atoms with Crippen LogP contribution in [0.1, 0.15) is 23.7 Å². The molecule has 1 aliphatic heterocycles. The number of fused-ring (bicyclic) bond motifs is 1. The number of benzene rings is 3. The molecule has 0 aromatic heterocycles. The van der Waals surface area contributed by atoms with Gasteiger partial charge in [0.15, 0.2) is 9.84 Å². The fourth-order valence-corrected chi connectivity index (χ4v) is 3.94. The largest absolute Gasteiger partial charge is 0.497 e. The van der Waals surface area contributed by atoms with Crippen molar-refractivity contribution < 1.29 is 17.9 Å². The molecule has 30 heavy (non-hydrogen) atoms. The molecule has 154 valence electrons. The first-order valence-corrected chi connectivity index (χ1v) is 11.4. The average molecular weight is 423 g/mol. The summed E-state index contributed by atoms with van der Waals surface area (Å²) in [5, 5.41) is 4.61. The maximum Gasteiger partial charge on any atom is 0.175 e. The fraction of sp³-hybridized carbons (Fsp3) is 0.174. The molecule has 0 fully saturated rings. The first-order chi connectivity index (χ1) is 14.4. The number of rotatable bonds is 5. The lowest BCUT2D eigenvalue weighted by Gasteiger charge is -2.27. The number of hydrogen-bond donors (Lipinski definition) is 1. The van der Waals surface area contributed by atoms with Crippen LogP contribution in [0.5, 0.6) is 11.5 Å². The summed E-state index contributed by atoms with van der Waals surface area (Å²) in [6.07, 6.45) is 1.62. The highest BCUT2D eigenvalue weighted by Gasteiger charge is 2.26. The standard InChI is InChI=1S/C23H22N2O4S/c1-28-18-11-7-16(8-12-18)23-15-21(20-5-3-4-6-22(20)29-23)25-24-17-9-13-19(14-10-17)30(2,26)27/h3-14,23-24H,15H2,1-2H3. The van der Waals surface area contributed by atoms with E-state index in [9.17, 15) is 8.42 Å². The maximum atomic E-state index is 11.6. The van der Waals surface area contributed by atoms with Crippen LogP contribution in [-0.2, 0) is 9.84 Å². The van der Waals surface area contributed by atoms with Crippen LogP contribution in [0.2, 0.25) is 0 Å². The highest BCUT2D eigenvalue weighted by Crippen LogP contribution is 2.35. The number of nitrogens with one attached hydrogen (secondary N) is 1. The quantitative estimate of drug-likeness (QED) is 0.615. The number of para-hydroxylation sites is 1. The molecule has 0 bridgehead atoms. The minimum absolute atomic E-state index is 0.168. The molecular formula is C23H22N2O4S. The highest BCUT2D eigenvalue weighted by atomic mass is 32.2. The molecule has 0 radical (unpaired) electrons. The van der Waals surface area contributed by atoms with Crippen molar-refractivity contribution in [1.29, 1.82) is 0 Å². The van der Waals surface area contributed by atoms with Gasteiger partial charge in [0.05, 0.1) is 23.4 Å². The van der Waals surface area contributed by atoms with Crippen molar-refractivity contribution >= 4 is 21.2 Å². The van der Waals surface area contributed by atoms with E-state index in [1.165, 1.54) is 6.26 Å². The number of hydrogen-bond acceptors (Lipinski definition) is 6. The highest BCUT2D eigenvalue weighted by molar-refractivity contribution is 7.90. The minimum Gasteiger partial charge on any atom is -0.497 e. The van der Waals surface area contributed by atoms with Gasteiger partial charge in [-0.1, -0.05) is 24.3 Å². The summed E-state index contributed by atoms with van der Waals surface area (Å²) in [6.45, 7) is 0. The van der Waals surface area contributed by atoms with Gasteiger partial charge in [0.2, 0.25) is 0 Å². The van der Waals surface area contributed by atoms with Gasteiger partial charge in [-0.15, -0.1) is 0 Å². The van der Waals surface area contributed by atoms with Crippen LogP contribution in [0.3, 0.4) is 0 Å². The monoisotopic (exact) mass is 422 g/mol. The smallest absolute Gasteiger partial charge is 0.175 e. The third-order valence-corrected chi connectivity index (χ3v) is 6.06. The Bertz CT molecular complexity index is 1170. The van der Waals surface area contributed by atoms with Crippen molar-refractivity contribution in [3.8, 4) is 11.5 Å². The molecule has 3 aromatic rings. The lowest BCUT2D eigenvalue weighted by atomic mass is 9.95. The van der Waals surface area contributed by atoms with Crippen molar-refractivity contribution in [2.75, 3.05) is 18.8 Å². The minimum atomic E-state index is -3.23. The topological polar surface area (TPSA) is 77.0 Å². The van der Waals surface area contributed by atoms with Crippen LogP contribution < -0.4 is 14.9 Å². The van der Waals surface area contributed by atoms with Crippen molar-refractivity contribution in [3.05, 3.63) is 83.9 Å². The summed E-state index contributed by atoms with van der Waals surface area (Å²) in [4.78, 5) is 0.275. The molecule has 1 unspecified atom stereocenters. The van der Waals surface area contributed by atoms with Gasteiger partial charge >= 0.3 is 0 Å². The van der Waals surface area contributed by atoms with Gasteiger partial charge in [0, 0.05) is 18.2 Å². The van der Waals surface area contributed by atoms with E-state index in [2.05, 4.69) is 10.5 Å². The van der Waals surface area contributed by atoms with Crippen LogP contribution in [0.4, 0.5) is 5.69 Å². The zero-order valence-electron chi connectivity index (χ0n) is 16.7. The lowest BCUT2D eigenvalue weighted by molar-refractivity contribution is 0.206. The molecule has 0 saturated carbocycles. The average Bonchev–Trinajstić information content (AvgIpc) is 2.77. The predicted molar refractivity (Wildman–Crippen MR) is 117 cm³/mol. The van der Waals surface area contributed by atoms with E-state index in [1.54, 1.807) is 31.4 Å². The van der Waals surface area contributed by atoms with Crippen LogP contribution in [0.25, 0.3) is 0 Å². The van der Waals surface area contributed by atoms with Crippen molar-refractivity contribution in [3.63, 3.8) is 0 Å². The van der Waals surface area contributed by atoms with E-state index in [0.717, 1.165) is 28.3 Å². The number of anilines is 1. The zero-order valence-corrected chi connectivity index (χ0v) is 17.5. The van der Waals surface area contributed by atoms with Crippen molar-refractivity contribution in [2.24, 2.45) is 5.10 Å². The Morgan fingerprint density at radius 1 is 1.00 bits per heavy atom. The molecule has 1 N–H and O–H groups in total. The number of ether oxygens (including phenoxy) is 2. The summed E-state index contributed by atoms with van der Waals surface area (Å²) in [7, 11) is -1.59. The summed E-state index contributed by atoms with van der Waals surface area (Å²) in [5.74, 6) is 1.57. The summed E-state index contributed by atoms with van der Waals surface area (Å²) >= 11 is 0. The van der Waals surface area contributed by atoms with Gasteiger partial charge in [-0.3, -0.25) is 5.43 Å². The Morgan fingerprint density at radius 2 is 1.70 bits per heavy atom. The van der Waals surface area contributed by atoms with Gasteiger partial charge in [-0.05, 0) is 54.1 Å². The van der Waals surface area contributed by atoms with Crippen LogP contribution in [-0.4, -0.2) is 27.5 Å². The molecule has 0 saturated heterocycles. The molecule has 7 heteroatoms. The van der Waals surface area contributed by atoms with Crippen LogP contribution in [0.15, 0.2) is 82.8 Å². The van der Waals surface area contributed by atoms with E-state index in [4.69, 9.17) is 9.47 Å². The van der Waals surface area contributed by atoms with E-state index in [0.29, 0.717) is 12.1 Å². The molecule has 1 aliphatic rings. The molecular weight excluding hydrogens is 400 g/mol. The molecule has 6 nitrogen and oxygen atoms in total. The second kappa shape index (κ2) is 8.20. The molecule has 3 aromatic carbocycles. The Kier molecular flexibility index (Phi) is 5.46. The molecule has 0 amide bonds. The van der Waals surface area contributed by atoms with Crippen molar-refractivity contribution in [1.82, 2.24) is 0 Å². The van der Waals surface area contributed by atoms with Gasteiger partial charge in [0.1, 0.15) is 17.6 Å². The van der Waals surface area contributed by atoms with Gasteiger partial charge in [-0.2, -0.15) is 5.10 Å². The first-order valence-electron chi connectivity index (χ1n) is 9.47. The lowest BCUT2D eigenvalue weighted by Crippen LogP contribution is -2.21. The molecule has 0 spiro atoms. The summed E-state index contributed by atoms with van der Waals surface area (Å²) in [6, 6.07) is 22.1. The molecule has 1 heterocycles. The molecule has 0 aliphatic carbocycles. The molecule has 1 atom stereocenters. The number of methoxy groups -OCH3 is 1. The summed E-state index contributed by atoms with van der Waals surface area (Å²) in [5.41, 5.74) is 6.59. The number of sulfone groups is 1. The third kappa shape index (κ3) is 4.31. The fourth-order valence-electron chi connectivity index (χ4n) is 3.31. The van der Waals surface area contributed by atoms with Crippen LogP contribution >= 0.6 is 0 Å². The predicted octanol–water partition coefficient (Wildman–Crippen LogP) is 4.44. The Balaban J connectivity index is 1.60. The van der Waals surface area contributed by atoms with E-state index in [-0.39, 0.29) is 11.0 Å². The van der Waals surface area contributed by atoms with Gasteiger partial charge in [-0.25, -0.2) is 8.42 Å². The summed E-state index contributed by atoms with van der Waals surface area (Å²) < 4.78 is 34.7. The second-order valence-electron chi connectivity index (χ2n) is 7.05. The van der Waals surface area contributed by atoms with E-state index >= 15 is 0 Å². The second-order valence-corrected chi connectivity index (χ2v) is 9.06. The van der Waals surface area contributed by atoms with Crippen molar-refractivity contribution in [2.45, 2.75) is 17.4 Å². The Labute approximate surface area is 176 Å². The van der Waals surface area contributed by atoms with E-state index < -0.39 is 9.84 Å². The third-order valence-electron chi connectivity index (χ3n) is 4.94. The van der Waals surface area contributed by atoms with Gasteiger partial charge < -0.3 is 9.47 Å².